The molecule has 3 heterocycles. The molecule has 2 unspecified atom stereocenters. The highest BCUT2D eigenvalue weighted by molar-refractivity contribution is 5.94. The lowest BCUT2D eigenvalue weighted by atomic mass is 9.92. The molecule has 0 aromatic heterocycles. The smallest absolute Gasteiger partial charge is 0.253 e. The Balaban J connectivity index is 1.38. The van der Waals surface area contributed by atoms with E-state index in [0.29, 0.717) is 18.1 Å². The first-order chi connectivity index (χ1) is 12.2. The standard InChI is InChI=1S/C21H30N2O2/c1-22(21(24)17-5-3-2-4-6-17)20-13-18-7-8-19(14-20)23(18)15-16-9-11-25-12-10-16/h2-6,16,18-20H,7-15H2,1H3. The molecule has 1 aromatic rings. The normalized spacial score (nSPS) is 30.4. The number of fused-ring (bicyclic) bond motifs is 2. The topological polar surface area (TPSA) is 32.8 Å². The van der Waals surface area contributed by atoms with Crippen molar-refractivity contribution in [3.8, 4) is 0 Å². The molecule has 0 aliphatic carbocycles. The summed E-state index contributed by atoms with van der Waals surface area (Å²) < 4.78 is 5.51. The Morgan fingerprint density at radius 2 is 1.72 bits per heavy atom. The van der Waals surface area contributed by atoms with Gasteiger partial charge in [0.1, 0.15) is 0 Å². The zero-order valence-corrected chi connectivity index (χ0v) is 15.3. The lowest BCUT2D eigenvalue weighted by molar-refractivity contribution is 0.0201. The van der Waals surface area contributed by atoms with Crippen LogP contribution in [-0.2, 0) is 4.74 Å². The van der Waals surface area contributed by atoms with E-state index in [4.69, 9.17) is 4.74 Å². The fraction of sp³-hybridized carbons (Fsp3) is 0.667. The van der Waals surface area contributed by atoms with Crippen LogP contribution in [0.3, 0.4) is 0 Å². The van der Waals surface area contributed by atoms with Crippen LogP contribution in [0.15, 0.2) is 30.3 Å². The van der Waals surface area contributed by atoms with Gasteiger partial charge in [-0.3, -0.25) is 9.69 Å². The van der Waals surface area contributed by atoms with Crippen molar-refractivity contribution in [3.63, 3.8) is 0 Å². The SMILES string of the molecule is CN(C(=O)c1ccccc1)C1CC2CCC(C1)N2CC1CCOCC1. The highest BCUT2D eigenvalue weighted by Gasteiger charge is 2.43. The second-order valence-corrected chi connectivity index (χ2v) is 8.04. The van der Waals surface area contributed by atoms with Gasteiger partial charge in [0.15, 0.2) is 0 Å². The van der Waals surface area contributed by atoms with Gasteiger partial charge in [0.05, 0.1) is 0 Å². The largest absolute Gasteiger partial charge is 0.381 e. The van der Waals surface area contributed by atoms with E-state index in [1.165, 1.54) is 32.2 Å². The van der Waals surface area contributed by atoms with Gasteiger partial charge in [-0.15, -0.1) is 0 Å². The molecule has 4 heteroatoms. The molecule has 3 aliphatic heterocycles. The van der Waals surface area contributed by atoms with Crippen LogP contribution in [0.2, 0.25) is 0 Å². The Bertz CT molecular complexity index is 571. The van der Waals surface area contributed by atoms with Crippen molar-refractivity contribution in [2.24, 2.45) is 5.92 Å². The summed E-state index contributed by atoms with van der Waals surface area (Å²) in [6.07, 6.45) is 7.30. The summed E-state index contributed by atoms with van der Waals surface area (Å²) in [6.45, 7) is 3.11. The van der Waals surface area contributed by atoms with Gasteiger partial charge in [-0.25, -0.2) is 0 Å². The maximum absolute atomic E-state index is 12.8. The van der Waals surface area contributed by atoms with Gasteiger partial charge in [0.2, 0.25) is 0 Å². The van der Waals surface area contributed by atoms with Crippen LogP contribution in [0.4, 0.5) is 0 Å². The summed E-state index contributed by atoms with van der Waals surface area (Å²) >= 11 is 0. The quantitative estimate of drug-likeness (QED) is 0.842. The summed E-state index contributed by atoms with van der Waals surface area (Å²) in [5, 5.41) is 0. The number of amides is 1. The molecule has 4 nitrogen and oxygen atoms in total. The summed E-state index contributed by atoms with van der Waals surface area (Å²) in [5.41, 5.74) is 0.807. The van der Waals surface area contributed by atoms with Crippen molar-refractivity contribution in [2.45, 2.75) is 56.7 Å². The third kappa shape index (κ3) is 3.61. The molecule has 3 aliphatic rings. The van der Waals surface area contributed by atoms with Crippen LogP contribution in [0.5, 0.6) is 0 Å². The monoisotopic (exact) mass is 342 g/mol. The number of rotatable bonds is 4. The predicted molar refractivity (Wildman–Crippen MR) is 98.6 cm³/mol. The molecule has 2 atom stereocenters. The highest BCUT2D eigenvalue weighted by atomic mass is 16.5. The number of hydrogen-bond donors (Lipinski definition) is 0. The Labute approximate surface area is 151 Å². The van der Waals surface area contributed by atoms with Crippen molar-refractivity contribution in [2.75, 3.05) is 26.8 Å². The Hall–Kier alpha value is -1.39. The molecule has 1 amide bonds. The maximum Gasteiger partial charge on any atom is 0.253 e. The van der Waals surface area contributed by atoms with E-state index in [-0.39, 0.29) is 5.91 Å². The second-order valence-electron chi connectivity index (χ2n) is 8.04. The van der Waals surface area contributed by atoms with Crippen molar-refractivity contribution in [1.29, 1.82) is 0 Å². The number of hydrogen-bond acceptors (Lipinski definition) is 3. The molecule has 136 valence electrons. The molecule has 25 heavy (non-hydrogen) atoms. The zero-order chi connectivity index (χ0) is 17.2. The minimum atomic E-state index is 0.169. The fourth-order valence-electron chi connectivity index (χ4n) is 5.04. The fourth-order valence-corrected chi connectivity index (χ4v) is 5.04. The second kappa shape index (κ2) is 7.46. The van der Waals surface area contributed by atoms with E-state index in [1.54, 1.807) is 0 Å². The Morgan fingerprint density at radius 1 is 1.08 bits per heavy atom. The molecule has 4 rings (SSSR count). The van der Waals surface area contributed by atoms with Crippen molar-refractivity contribution in [3.05, 3.63) is 35.9 Å². The number of carbonyl (C=O) groups is 1. The third-order valence-electron chi connectivity index (χ3n) is 6.56. The molecule has 1 aromatic carbocycles. The number of carbonyl (C=O) groups excluding carboxylic acids is 1. The van der Waals surface area contributed by atoms with Gasteiger partial charge in [0, 0.05) is 50.5 Å². The van der Waals surface area contributed by atoms with Crippen LogP contribution >= 0.6 is 0 Å². The molecule has 0 radical (unpaired) electrons. The van der Waals surface area contributed by atoms with Crippen LogP contribution in [-0.4, -0.2) is 60.6 Å². The van der Waals surface area contributed by atoms with Gasteiger partial charge >= 0.3 is 0 Å². The van der Waals surface area contributed by atoms with Crippen molar-refractivity contribution < 1.29 is 9.53 Å². The molecule has 2 bridgehead atoms. The van der Waals surface area contributed by atoms with Crippen LogP contribution in [0, 0.1) is 5.92 Å². The van der Waals surface area contributed by atoms with Gasteiger partial charge < -0.3 is 9.64 Å². The lowest BCUT2D eigenvalue weighted by Gasteiger charge is -2.43. The average molecular weight is 342 g/mol. The zero-order valence-electron chi connectivity index (χ0n) is 15.3. The third-order valence-corrected chi connectivity index (χ3v) is 6.56. The molecule has 0 N–H and O–H groups in total. The summed E-state index contributed by atoms with van der Waals surface area (Å²) in [7, 11) is 1.99. The first-order valence-corrected chi connectivity index (χ1v) is 9.88. The number of nitrogens with zero attached hydrogens (tertiary/aromatic N) is 2. The van der Waals surface area contributed by atoms with Gasteiger partial charge in [0.25, 0.3) is 5.91 Å². The van der Waals surface area contributed by atoms with E-state index in [1.807, 2.05) is 42.3 Å². The Morgan fingerprint density at radius 3 is 2.36 bits per heavy atom. The molecule has 3 fully saturated rings. The summed E-state index contributed by atoms with van der Waals surface area (Å²) in [6, 6.07) is 11.4. The molecular weight excluding hydrogens is 312 g/mol. The van der Waals surface area contributed by atoms with Crippen LogP contribution < -0.4 is 0 Å². The first kappa shape index (κ1) is 17.0. The van der Waals surface area contributed by atoms with Crippen LogP contribution in [0.25, 0.3) is 0 Å². The van der Waals surface area contributed by atoms with E-state index in [9.17, 15) is 4.79 Å². The van der Waals surface area contributed by atoms with E-state index in [2.05, 4.69) is 4.90 Å². The molecule has 0 saturated carbocycles. The average Bonchev–Trinajstić information content (AvgIpc) is 2.90. The summed E-state index contributed by atoms with van der Waals surface area (Å²) in [4.78, 5) is 17.6. The van der Waals surface area contributed by atoms with E-state index >= 15 is 0 Å². The number of ether oxygens (including phenoxy) is 1. The van der Waals surface area contributed by atoms with Crippen molar-refractivity contribution in [1.82, 2.24) is 9.80 Å². The van der Waals surface area contributed by atoms with Gasteiger partial charge in [-0.2, -0.15) is 0 Å². The van der Waals surface area contributed by atoms with E-state index < -0.39 is 0 Å². The molecular formula is C21H30N2O2. The number of piperidine rings is 1. The van der Waals surface area contributed by atoms with Crippen molar-refractivity contribution >= 4 is 5.91 Å². The Kier molecular flexibility index (Phi) is 5.09. The molecule has 3 saturated heterocycles. The minimum Gasteiger partial charge on any atom is -0.381 e. The van der Waals surface area contributed by atoms with Crippen LogP contribution in [0.1, 0.15) is 48.9 Å². The van der Waals surface area contributed by atoms with Gasteiger partial charge in [-0.05, 0) is 56.6 Å². The van der Waals surface area contributed by atoms with E-state index in [0.717, 1.165) is 37.5 Å². The number of benzene rings is 1. The maximum atomic E-state index is 12.8. The first-order valence-electron chi connectivity index (χ1n) is 9.88. The summed E-state index contributed by atoms with van der Waals surface area (Å²) in [5.74, 6) is 0.972. The van der Waals surface area contributed by atoms with Gasteiger partial charge in [-0.1, -0.05) is 18.2 Å². The lowest BCUT2D eigenvalue weighted by Crippen LogP contribution is -2.52. The molecule has 0 spiro atoms. The highest BCUT2D eigenvalue weighted by Crippen LogP contribution is 2.38. The predicted octanol–water partition coefficient (Wildman–Crippen LogP) is 3.18. The minimum absolute atomic E-state index is 0.169.